The van der Waals surface area contributed by atoms with Crippen LogP contribution in [0.2, 0.25) is 5.02 Å². The van der Waals surface area contributed by atoms with Gasteiger partial charge in [0, 0.05) is 33.3 Å². The van der Waals surface area contributed by atoms with Gasteiger partial charge < -0.3 is 15.0 Å². The van der Waals surface area contributed by atoms with Crippen LogP contribution >= 0.6 is 11.6 Å². The lowest BCUT2D eigenvalue weighted by molar-refractivity contribution is 0.199. The molecule has 0 aromatic heterocycles. The number of nitrogens with one attached hydrogen (secondary N) is 1. The van der Waals surface area contributed by atoms with Gasteiger partial charge in [-0.2, -0.15) is 0 Å². The van der Waals surface area contributed by atoms with E-state index in [0.717, 1.165) is 30.4 Å². The summed E-state index contributed by atoms with van der Waals surface area (Å²) in [6.07, 6.45) is 3.91. The molecule has 19 heavy (non-hydrogen) atoms. The maximum atomic E-state index is 6.40. The molecule has 1 aliphatic rings. The summed E-state index contributed by atoms with van der Waals surface area (Å²) in [5, 5.41) is 4.17. The van der Waals surface area contributed by atoms with Crippen LogP contribution in [0.4, 0.5) is 5.69 Å². The second kappa shape index (κ2) is 7.13. The van der Waals surface area contributed by atoms with Crippen molar-refractivity contribution in [1.29, 1.82) is 0 Å². The van der Waals surface area contributed by atoms with E-state index in [9.17, 15) is 0 Å². The van der Waals surface area contributed by atoms with Crippen LogP contribution < -0.4 is 10.2 Å². The van der Waals surface area contributed by atoms with Gasteiger partial charge in [-0.1, -0.05) is 17.7 Å². The molecule has 0 atom stereocenters. The molecule has 1 saturated carbocycles. The monoisotopic (exact) mass is 282 g/mol. The summed E-state index contributed by atoms with van der Waals surface area (Å²) in [5.74, 6) is 0. The number of nitrogens with zero attached hydrogens (tertiary/aromatic N) is 1. The van der Waals surface area contributed by atoms with Gasteiger partial charge in [0.15, 0.2) is 0 Å². The van der Waals surface area contributed by atoms with E-state index in [-0.39, 0.29) is 0 Å². The lowest BCUT2D eigenvalue weighted by Crippen LogP contribution is -2.37. The first-order valence-corrected chi connectivity index (χ1v) is 7.31. The van der Waals surface area contributed by atoms with Crippen LogP contribution in [0.1, 0.15) is 24.8 Å². The van der Waals surface area contributed by atoms with E-state index in [2.05, 4.69) is 35.5 Å². The Morgan fingerprint density at radius 3 is 2.79 bits per heavy atom. The van der Waals surface area contributed by atoms with E-state index in [4.69, 9.17) is 16.3 Å². The van der Waals surface area contributed by atoms with Crippen LogP contribution in [0.25, 0.3) is 0 Å². The van der Waals surface area contributed by atoms with E-state index >= 15 is 0 Å². The number of halogens is 1. The average molecular weight is 283 g/mol. The third-order valence-electron chi connectivity index (χ3n) is 3.83. The average Bonchev–Trinajstić information content (AvgIpc) is 2.32. The van der Waals surface area contributed by atoms with Crippen molar-refractivity contribution in [2.45, 2.75) is 31.8 Å². The van der Waals surface area contributed by atoms with E-state index in [1.54, 1.807) is 7.11 Å². The fraction of sp³-hybridized carbons (Fsp3) is 0.600. The first-order chi connectivity index (χ1) is 9.22. The Bertz CT molecular complexity index is 407. The minimum Gasteiger partial charge on any atom is -0.383 e. The molecule has 1 aliphatic carbocycles. The molecule has 1 aromatic rings. The lowest BCUT2D eigenvalue weighted by atomic mass is 9.91. The molecule has 0 unspecified atom stereocenters. The Balaban J connectivity index is 1.92. The summed E-state index contributed by atoms with van der Waals surface area (Å²) in [6.45, 7) is 2.42. The predicted molar refractivity (Wildman–Crippen MR) is 81.1 cm³/mol. The number of ether oxygens (including phenoxy) is 1. The van der Waals surface area contributed by atoms with Gasteiger partial charge in [-0.15, -0.1) is 0 Å². The Labute approximate surface area is 120 Å². The summed E-state index contributed by atoms with van der Waals surface area (Å²) in [6, 6.07) is 7.01. The molecule has 1 N–H and O–H groups in total. The summed E-state index contributed by atoms with van der Waals surface area (Å²) in [7, 11) is 3.85. The molecule has 0 aliphatic heterocycles. The fourth-order valence-corrected chi connectivity index (χ4v) is 2.66. The van der Waals surface area contributed by atoms with Crippen molar-refractivity contribution in [2.75, 3.05) is 32.2 Å². The third-order valence-corrected chi connectivity index (χ3v) is 4.13. The van der Waals surface area contributed by atoms with Crippen molar-refractivity contribution >= 4 is 17.3 Å². The second-order valence-electron chi connectivity index (χ2n) is 5.15. The van der Waals surface area contributed by atoms with Crippen molar-refractivity contribution in [1.82, 2.24) is 5.32 Å². The molecule has 4 heteroatoms. The molecule has 1 aromatic carbocycles. The molecular formula is C15H23ClN2O. The zero-order valence-electron chi connectivity index (χ0n) is 11.8. The van der Waals surface area contributed by atoms with Gasteiger partial charge in [0.1, 0.15) is 0 Å². The van der Waals surface area contributed by atoms with Gasteiger partial charge in [-0.05, 0) is 37.0 Å². The van der Waals surface area contributed by atoms with Crippen LogP contribution in [-0.4, -0.2) is 33.4 Å². The first-order valence-electron chi connectivity index (χ1n) is 6.93. The number of anilines is 1. The summed E-state index contributed by atoms with van der Waals surface area (Å²) < 4.78 is 5.00. The number of hydrogen-bond acceptors (Lipinski definition) is 3. The summed E-state index contributed by atoms with van der Waals surface area (Å²) in [4.78, 5) is 2.31. The number of methoxy groups -OCH3 is 1. The van der Waals surface area contributed by atoms with E-state index in [1.165, 1.54) is 24.8 Å². The Morgan fingerprint density at radius 2 is 2.21 bits per heavy atom. The molecule has 106 valence electrons. The largest absolute Gasteiger partial charge is 0.383 e. The molecule has 0 spiro atoms. The smallest absolute Gasteiger partial charge is 0.0642 e. The molecule has 0 amide bonds. The van der Waals surface area contributed by atoms with Crippen molar-refractivity contribution in [3.63, 3.8) is 0 Å². The van der Waals surface area contributed by atoms with Gasteiger partial charge in [0.25, 0.3) is 0 Å². The molecule has 0 bridgehead atoms. The van der Waals surface area contributed by atoms with E-state index in [0.29, 0.717) is 6.04 Å². The fourth-order valence-electron chi connectivity index (χ4n) is 2.32. The molecule has 3 nitrogen and oxygen atoms in total. The van der Waals surface area contributed by atoms with Crippen LogP contribution in [0.15, 0.2) is 18.2 Å². The predicted octanol–water partition coefficient (Wildman–Crippen LogP) is 3.06. The minimum absolute atomic E-state index is 0.670. The molecule has 0 saturated heterocycles. The third kappa shape index (κ3) is 3.85. The first kappa shape index (κ1) is 14.6. The van der Waals surface area contributed by atoms with Gasteiger partial charge >= 0.3 is 0 Å². The molecular weight excluding hydrogens is 260 g/mol. The van der Waals surface area contributed by atoms with Crippen LogP contribution in [-0.2, 0) is 11.3 Å². The molecule has 0 radical (unpaired) electrons. The van der Waals surface area contributed by atoms with Crippen LogP contribution in [0.3, 0.4) is 0 Å². The lowest BCUT2D eigenvalue weighted by Gasteiger charge is -2.36. The maximum absolute atomic E-state index is 6.40. The van der Waals surface area contributed by atoms with Gasteiger partial charge in [-0.25, -0.2) is 0 Å². The van der Waals surface area contributed by atoms with Crippen LogP contribution in [0.5, 0.6) is 0 Å². The zero-order chi connectivity index (χ0) is 13.7. The van der Waals surface area contributed by atoms with Crippen molar-refractivity contribution in [3.8, 4) is 0 Å². The summed E-state index contributed by atoms with van der Waals surface area (Å²) in [5.41, 5.74) is 2.36. The van der Waals surface area contributed by atoms with E-state index < -0.39 is 0 Å². The highest BCUT2D eigenvalue weighted by molar-refractivity contribution is 6.33. The maximum Gasteiger partial charge on any atom is 0.0642 e. The van der Waals surface area contributed by atoms with Gasteiger partial charge in [-0.3, -0.25) is 0 Å². The molecule has 0 heterocycles. The highest BCUT2D eigenvalue weighted by Crippen LogP contribution is 2.33. The van der Waals surface area contributed by atoms with Crippen molar-refractivity contribution < 1.29 is 4.74 Å². The van der Waals surface area contributed by atoms with Crippen molar-refractivity contribution in [3.05, 3.63) is 28.8 Å². The Kier molecular flexibility index (Phi) is 5.49. The van der Waals surface area contributed by atoms with Crippen LogP contribution in [0, 0.1) is 0 Å². The van der Waals surface area contributed by atoms with E-state index in [1.807, 2.05) is 0 Å². The standard InChI is InChI=1S/C15H23ClN2O/c1-18(13-4-3-5-13)15-7-6-12(10-14(15)16)11-17-8-9-19-2/h6-7,10,13,17H,3-5,8-9,11H2,1-2H3. The summed E-state index contributed by atoms with van der Waals surface area (Å²) >= 11 is 6.40. The zero-order valence-corrected chi connectivity index (χ0v) is 12.5. The quantitative estimate of drug-likeness (QED) is 0.778. The normalized spacial score (nSPS) is 15.3. The number of benzene rings is 1. The topological polar surface area (TPSA) is 24.5 Å². The number of rotatable bonds is 7. The van der Waals surface area contributed by atoms with Gasteiger partial charge in [0.2, 0.25) is 0 Å². The highest BCUT2D eigenvalue weighted by atomic mass is 35.5. The molecule has 1 fully saturated rings. The minimum atomic E-state index is 0.670. The van der Waals surface area contributed by atoms with Crippen molar-refractivity contribution in [2.24, 2.45) is 0 Å². The molecule has 2 rings (SSSR count). The number of hydrogen-bond donors (Lipinski definition) is 1. The highest BCUT2D eigenvalue weighted by Gasteiger charge is 2.23. The second-order valence-corrected chi connectivity index (χ2v) is 5.56. The Hall–Kier alpha value is -0.770. The SMILES string of the molecule is COCCNCc1ccc(N(C)C2CCC2)c(Cl)c1. The van der Waals surface area contributed by atoms with Gasteiger partial charge in [0.05, 0.1) is 17.3 Å². The Morgan fingerprint density at radius 1 is 1.42 bits per heavy atom.